The van der Waals surface area contributed by atoms with Crippen LogP contribution in [0.2, 0.25) is 0 Å². The average molecular weight is 266 g/mol. The highest BCUT2D eigenvalue weighted by Crippen LogP contribution is 2.16. The molecule has 5 heteroatoms. The molecule has 0 saturated heterocycles. The van der Waals surface area contributed by atoms with Crippen LogP contribution in [0, 0.1) is 5.92 Å². The van der Waals surface area contributed by atoms with E-state index in [0.29, 0.717) is 6.54 Å². The summed E-state index contributed by atoms with van der Waals surface area (Å²) in [4.78, 5) is 11.6. The Morgan fingerprint density at radius 2 is 1.84 bits per heavy atom. The number of methoxy groups -OCH3 is 2. The highest BCUT2D eigenvalue weighted by Gasteiger charge is 2.08. The molecule has 1 aromatic carbocycles. The van der Waals surface area contributed by atoms with E-state index in [4.69, 9.17) is 9.47 Å². The van der Waals surface area contributed by atoms with Gasteiger partial charge in [-0.2, -0.15) is 0 Å². The molecule has 5 nitrogen and oxygen atoms in total. The van der Waals surface area contributed by atoms with Crippen LogP contribution >= 0.6 is 0 Å². The van der Waals surface area contributed by atoms with Crippen LogP contribution in [0.1, 0.15) is 13.8 Å². The van der Waals surface area contributed by atoms with Crippen molar-refractivity contribution >= 4 is 17.3 Å². The van der Waals surface area contributed by atoms with E-state index in [1.807, 2.05) is 38.1 Å². The molecule has 0 aromatic heterocycles. The molecule has 0 bridgehead atoms. The first-order valence-electron chi connectivity index (χ1n) is 6.27. The van der Waals surface area contributed by atoms with E-state index >= 15 is 0 Å². The lowest BCUT2D eigenvalue weighted by Crippen LogP contribution is -2.23. The zero-order chi connectivity index (χ0) is 14.3. The second-order valence-electron chi connectivity index (χ2n) is 4.51. The van der Waals surface area contributed by atoms with Gasteiger partial charge in [-0.25, -0.2) is 0 Å². The Kier molecular flexibility index (Phi) is 6.32. The molecule has 0 atom stereocenters. The molecular formula is C14H22N2O3. The molecule has 0 aliphatic carbocycles. The van der Waals surface area contributed by atoms with Gasteiger partial charge in [-0.1, -0.05) is 19.9 Å². The van der Waals surface area contributed by atoms with E-state index in [9.17, 15) is 4.79 Å². The van der Waals surface area contributed by atoms with Crippen molar-refractivity contribution in [2.75, 3.05) is 31.4 Å². The molecule has 1 amide bonds. The fraction of sp³-hybridized carbons (Fsp3) is 0.500. The van der Waals surface area contributed by atoms with Gasteiger partial charge in [0.15, 0.2) is 6.29 Å². The minimum atomic E-state index is -0.297. The van der Waals surface area contributed by atoms with Crippen LogP contribution in [0.3, 0.4) is 0 Å². The summed E-state index contributed by atoms with van der Waals surface area (Å²) in [5.74, 6) is -0.0354. The third-order valence-corrected chi connectivity index (χ3v) is 2.65. The van der Waals surface area contributed by atoms with Gasteiger partial charge < -0.3 is 20.1 Å². The van der Waals surface area contributed by atoms with Gasteiger partial charge >= 0.3 is 0 Å². The zero-order valence-corrected chi connectivity index (χ0v) is 11.9. The van der Waals surface area contributed by atoms with E-state index in [1.54, 1.807) is 14.2 Å². The lowest BCUT2D eigenvalue weighted by molar-refractivity contribution is -0.118. The van der Waals surface area contributed by atoms with Crippen LogP contribution in [0.5, 0.6) is 0 Å². The fourth-order valence-electron chi connectivity index (χ4n) is 1.46. The van der Waals surface area contributed by atoms with E-state index < -0.39 is 0 Å². The summed E-state index contributed by atoms with van der Waals surface area (Å²) in [6.07, 6.45) is -0.297. The first kappa shape index (κ1) is 15.5. The zero-order valence-electron chi connectivity index (χ0n) is 11.9. The van der Waals surface area contributed by atoms with Crippen molar-refractivity contribution in [1.82, 2.24) is 0 Å². The lowest BCUT2D eigenvalue weighted by atomic mass is 10.2. The summed E-state index contributed by atoms with van der Waals surface area (Å²) in [6.45, 7) is 4.26. The maximum Gasteiger partial charge on any atom is 0.226 e. The van der Waals surface area contributed by atoms with Crippen molar-refractivity contribution < 1.29 is 14.3 Å². The Morgan fingerprint density at radius 1 is 1.21 bits per heavy atom. The van der Waals surface area contributed by atoms with Gasteiger partial charge in [0.2, 0.25) is 5.91 Å². The summed E-state index contributed by atoms with van der Waals surface area (Å²) in [6, 6.07) is 7.54. The molecule has 0 fully saturated rings. The lowest BCUT2D eigenvalue weighted by Gasteiger charge is -2.15. The Morgan fingerprint density at radius 3 is 2.42 bits per heavy atom. The number of ether oxygens (including phenoxy) is 2. The Hall–Kier alpha value is -1.59. The molecule has 0 aliphatic rings. The van der Waals surface area contributed by atoms with Crippen molar-refractivity contribution in [2.24, 2.45) is 5.92 Å². The minimum Gasteiger partial charge on any atom is -0.380 e. The Labute approximate surface area is 114 Å². The average Bonchev–Trinajstić information content (AvgIpc) is 2.40. The molecule has 2 N–H and O–H groups in total. The predicted molar refractivity (Wildman–Crippen MR) is 76.2 cm³/mol. The highest BCUT2D eigenvalue weighted by atomic mass is 16.7. The predicted octanol–water partition coefficient (Wildman–Crippen LogP) is 2.31. The van der Waals surface area contributed by atoms with Crippen LogP contribution in [0.4, 0.5) is 11.4 Å². The van der Waals surface area contributed by atoms with Crippen LogP contribution in [0.25, 0.3) is 0 Å². The van der Waals surface area contributed by atoms with Gasteiger partial charge in [-0.3, -0.25) is 4.79 Å². The molecule has 19 heavy (non-hydrogen) atoms. The van der Waals surface area contributed by atoms with Crippen LogP contribution in [-0.4, -0.2) is 33.0 Å². The number of rotatable bonds is 7. The summed E-state index contributed by atoms with van der Waals surface area (Å²) in [7, 11) is 3.18. The number of hydrogen-bond acceptors (Lipinski definition) is 4. The van der Waals surface area contributed by atoms with Gasteiger partial charge in [0.1, 0.15) is 0 Å². The van der Waals surface area contributed by atoms with Crippen molar-refractivity contribution in [3.05, 3.63) is 24.3 Å². The molecular weight excluding hydrogens is 244 g/mol. The molecule has 106 valence electrons. The quantitative estimate of drug-likeness (QED) is 0.744. The Balaban J connectivity index is 2.59. The maximum atomic E-state index is 11.6. The molecule has 0 saturated carbocycles. The summed E-state index contributed by atoms with van der Waals surface area (Å²) >= 11 is 0. The van der Waals surface area contributed by atoms with Crippen molar-refractivity contribution in [3.8, 4) is 0 Å². The second kappa shape index (κ2) is 7.76. The smallest absolute Gasteiger partial charge is 0.226 e. The molecule has 0 aliphatic heterocycles. The van der Waals surface area contributed by atoms with E-state index in [0.717, 1.165) is 11.4 Å². The second-order valence-corrected chi connectivity index (χ2v) is 4.51. The number of anilines is 2. The standard InChI is InChI=1S/C14H22N2O3/c1-10(2)14(17)16-12-7-5-6-11(8-12)15-9-13(18-3)19-4/h5-8,10,13,15H,9H2,1-4H3,(H,16,17). The number of benzene rings is 1. The molecule has 0 spiro atoms. The van der Waals surface area contributed by atoms with Crippen molar-refractivity contribution in [1.29, 1.82) is 0 Å². The van der Waals surface area contributed by atoms with Crippen LogP contribution in [0.15, 0.2) is 24.3 Å². The highest BCUT2D eigenvalue weighted by molar-refractivity contribution is 5.92. The summed E-state index contributed by atoms with van der Waals surface area (Å²) in [5.41, 5.74) is 1.68. The number of hydrogen-bond donors (Lipinski definition) is 2. The SMILES string of the molecule is COC(CNc1cccc(NC(=O)C(C)C)c1)OC. The maximum absolute atomic E-state index is 11.6. The summed E-state index contributed by atoms with van der Waals surface area (Å²) < 4.78 is 10.2. The van der Waals surface area contributed by atoms with Gasteiger partial charge in [0.05, 0.1) is 6.54 Å². The molecule has 0 radical (unpaired) electrons. The van der Waals surface area contributed by atoms with E-state index in [2.05, 4.69) is 10.6 Å². The first-order chi connectivity index (χ1) is 9.06. The molecule has 1 aromatic rings. The number of amides is 1. The monoisotopic (exact) mass is 266 g/mol. The van der Waals surface area contributed by atoms with Gasteiger partial charge in [0.25, 0.3) is 0 Å². The van der Waals surface area contributed by atoms with E-state index in [1.165, 1.54) is 0 Å². The van der Waals surface area contributed by atoms with E-state index in [-0.39, 0.29) is 18.1 Å². The summed E-state index contributed by atoms with van der Waals surface area (Å²) in [5, 5.41) is 6.04. The molecule has 0 heterocycles. The third kappa shape index (κ3) is 5.28. The van der Waals surface area contributed by atoms with Crippen molar-refractivity contribution in [2.45, 2.75) is 20.1 Å². The number of carbonyl (C=O) groups is 1. The molecule has 1 rings (SSSR count). The number of nitrogens with one attached hydrogen (secondary N) is 2. The normalized spacial score (nSPS) is 10.8. The molecule has 0 unspecified atom stereocenters. The van der Waals surface area contributed by atoms with Crippen LogP contribution < -0.4 is 10.6 Å². The third-order valence-electron chi connectivity index (χ3n) is 2.65. The largest absolute Gasteiger partial charge is 0.380 e. The Bertz CT molecular complexity index is 403. The minimum absolute atomic E-state index is 0.00353. The van der Waals surface area contributed by atoms with Gasteiger partial charge in [-0.15, -0.1) is 0 Å². The van der Waals surface area contributed by atoms with Crippen molar-refractivity contribution in [3.63, 3.8) is 0 Å². The number of carbonyl (C=O) groups excluding carboxylic acids is 1. The van der Waals surface area contributed by atoms with Crippen LogP contribution in [-0.2, 0) is 14.3 Å². The first-order valence-corrected chi connectivity index (χ1v) is 6.27. The van der Waals surface area contributed by atoms with Gasteiger partial charge in [0, 0.05) is 31.5 Å². The fourth-order valence-corrected chi connectivity index (χ4v) is 1.46. The van der Waals surface area contributed by atoms with Gasteiger partial charge in [-0.05, 0) is 18.2 Å². The topological polar surface area (TPSA) is 59.6 Å².